The molecule has 2 aromatic rings. The molecule has 0 aliphatic heterocycles. The summed E-state index contributed by atoms with van der Waals surface area (Å²) in [5, 5.41) is 6.20. The first kappa shape index (κ1) is 12.6. The molecule has 0 unspecified atom stereocenters. The number of hydrogen-bond acceptors (Lipinski definition) is 2. The van der Waals surface area contributed by atoms with Crippen LogP contribution >= 0.6 is 0 Å². The van der Waals surface area contributed by atoms with Crippen molar-refractivity contribution in [2.24, 2.45) is 0 Å². The molecular formula is C15H18N2O. The Bertz CT molecular complexity index is 621. The van der Waals surface area contributed by atoms with E-state index in [0.717, 1.165) is 11.1 Å². The summed E-state index contributed by atoms with van der Waals surface area (Å²) >= 11 is 0. The van der Waals surface area contributed by atoms with Crippen LogP contribution in [0.3, 0.4) is 0 Å². The fraction of sp³-hybridized carbons (Fsp3) is 0.333. The smallest absolute Gasteiger partial charge is 0.267 e. The number of nitrogens with zero attached hydrogens (tertiary/aromatic N) is 1. The highest BCUT2D eigenvalue weighted by Gasteiger charge is 2.15. The van der Waals surface area contributed by atoms with Crippen LogP contribution in [-0.2, 0) is 5.41 Å². The van der Waals surface area contributed by atoms with Gasteiger partial charge in [-0.05, 0) is 29.5 Å². The van der Waals surface area contributed by atoms with E-state index in [2.05, 4.69) is 43.1 Å². The van der Waals surface area contributed by atoms with Crippen LogP contribution in [0.15, 0.2) is 35.3 Å². The standard InChI is InChI=1S/C15H18N2O/c1-10-7-11(9-12(8-10)15(2,3)4)13-5-6-16-17-14(13)18/h5-9H,1-4H3,(H,17,18). The molecule has 2 rings (SSSR count). The van der Waals surface area contributed by atoms with E-state index in [1.54, 1.807) is 12.3 Å². The lowest BCUT2D eigenvalue weighted by Gasteiger charge is -2.20. The number of benzene rings is 1. The predicted octanol–water partition coefficient (Wildman–Crippen LogP) is 3.04. The first-order valence-electron chi connectivity index (χ1n) is 6.04. The number of hydrogen-bond donors (Lipinski definition) is 1. The van der Waals surface area contributed by atoms with Gasteiger partial charge >= 0.3 is 0 Å². The van der Waals surface area contributed by atoms with Gasteiger partial charge in [0.1, 0.15) is 0 Å². The van der Waals surface area contributed by atoms with Crippen molar-refractivity contribution in [3.05, 3.63) is 51.9 Å². The normalized spacial score (nSPS) is 11.6. The molecular weight excluding hydrogens is 224 g/mol. The zero-order valence-corrected chi connectivity index (χ0v) is 11.2. The number of aromatic nitrogens is 2. The third kappa shape index (κ3) is 2.50. The van der Waals surface area contributed by atoms with Crippen molar-refractivity contribution < 1.29 is 0 Å². The number of nitrogens with one attached hydrogen (secondary N) is 1. The molecule has 1 N–H and O–H groups in total. The zero-order chi connectivity index (χ0) is 13.3. The Morgan fingerprint density at radius 1 is 1.17 bits per heavy atom. The second-order valence-corrected chi connectivity index (χ2v) is 5.64. The van der Waals surface area contributed by atoms with Crippen molar-refractivity contribution in [2.75, 3.05) is 0 Å². The van der Waals surface area contributed by atoms with E-state index in [1.165, 1.54) is 5.56 Å². The maximum Gasteiger partial charge on any atom is 0.272 e. The number of aryl methyl sites for hydroxylation is 1. The average Bonchev–Trinajstić information content (AvgIpc) is 2.27. The molecule has 0 atom stereocenters. The van der Waals surface area contributed by atoms with Gasteiger partial charge in [0, 0.05) is 11.8 Å². The van der Waals surface area contributed by atoms with Gasteiger partial charge in [0.05, 0.1) is 0 Å². The van der Waals surface area contributed by atoms with E-state index < -0.39 is 0 Å². The molecule has 1 aromatic heterocycles. The topological polar surface area (TPSA) is 45.8 Å². The van der Waals surface area contributed by atoms with Gasteiger partial charge in [-0.15, -0.1) is 0 Å². The maximum atomic E-state index is 11.8. The number of aromatic amines is 1. The van der Waals surface area contributed by atoms with Crippen LogP contribution < -0.4 is 5.56 Å². The van der Waals surface area contributed by atoms with Crippen LogP contribution in [0.25, 0.3) is 11.1 Å². The summed E-state index contributed by atoms with van der Waals surface area (Å²) in [4.78, 5) is 11.8. The van der Waals surface area contributed by atoms with E-state index in [9.17, 15) is 4.79 Å². The predicted molar refractivity (Wildman–Crippen MR) is 73.7 cm³/mol. The van der Waals surface area contributed by atoms with Crippen molar-refractivity contribution >= 4 is 0 Å². The molecule has 0 amide bonds. The summed E-state index contributed by atoms with van der Waals surface area (Å²) in [6.07, 6.45) is 1.61. The molecule has 0 spiro atoms. The highest BCUT2D eigenvalue weighted by Crippen LogP contribution is 2.27. The molecule has 3 heteroatoms. The molecule has 0 aliphatic carbocycles. The van der Waals surface area contributed by atoms with E-state index >= 15 is 0 Å². The second kappa shape index (κ2) is 4.41. The lowest BCUT2D eigenvalue weighted by molar-refractivity contribution is 0.590. The van der Waals surface area contributed by atoms with Crippen molar-refractivity contribution in [3.8, 4) is 11.1 Å². The summed E-state index contributed by atoms with van der Waals surface area (Å²) in [5.74, 6) is 0. The van der Waals surface area contributed by atoms with Crippen LogP contribution in [0.2, 0.25) is 0 Å². The highest BCUT2D eigenvalue weighted by molar-refractivity contribution is 5.64. The molecule has 0 saturated heterocycles. The molecule has 18 heavy (non-hydrogen) atoms. The van der Waals surface area contributed by atoms with Crippen LogP contribution in [0.5, 0.6) is 0 Å². The van der Waals surface area contributed by atoms with E-state index in [0.29, 0.717) is 5.56 Å². The first-order valence-corrected chi connectivity index (χ1v) is 6.04. The summed E-state index contributed by atoms with van der Waals surface area (Å²) in [5.41, 5.74) is 3.92. The highest BCUT2D eigenvalue weighted by atomic mass is 16.1. The van der Waals surface area contributed by atoms with E-state index in [4.69, 9.17) is 0 Å². The zero-order valence-electron chi connectivity index (χ0n) is 11.2. The van der Waals surface area contributed by atoms with Gasteiger partial charge in [-0.1, -0.05) is 44.5 Å². The summed E-state index contributed by atoms with van der Waals surface area (Å²) in [6.45, 7) is 8.56. The Balaban J connectivity index is 2.63. The molecule has 0 bridgehead atoms. The molecule has 0 aliphatic rings. The summed E-state index contributed by atoms with van der Waals surface area (Å²) < 4.78 is 0. The van der Waals surface area contributed by atoms with Crippen LogP contribution in [0.1, 0.15) is 31.9 Å². The number of rotatable bonds is 1. The Morgan fingerprint density at radius 2 is 1.89 bits per heavy atom. The Kier molecular flexibility index (Phi) is 3.07. The third-order valence-electron chi connectivity index (χ3n) is 2.98. The minimum Gasteiger partial charge on any atom is -0.267 e. The van der Waals surface area contributed by atoms with Gasteiger partial charge in [-0.2, -0.15) is 5.10 Å². The molecule has 0 fully saturated rings. The van der Waals surface area contributed by atoms with Crippen LogP contribution in [-0.4, -0.2) is 10.2 Å². The molecule has 1 aromatic carbocycles. The molecule has 94 valence electrons. The fourth-order valence-corrected chi connectivity index (χ4v) is 1.94. The van der Waals surface area contributed by atoms with E-state index in [-0.39, 0.29) is 11.0 Å². The lowest BCUT2D eigenvalue weighted by Crippen LogP contribution is -2.13. The van der Waals surface area contributed by atoms with Gasteiger partial charge < -0.3 is 0 Å². The van der Waals surface area contributed by atoms with Crippen molar-refractivity contribution in [1.29, 1.82) is 0 Å². The summed E-state index contributed by atoms with van der Waals surface area (Å²) in [6, 6.07) is 8.02. The SMILES string of the molecule is Cc1cc(-c2ccn[nH]c2=O)cc(C(C)(C)C)c1. The van der Waals surface area contributed by atoms with Crippen LogP contribution in [0, 0.1) is 6.92 Å². The van der Waals surface area contributed by atoms with Gasteiger partial charge in [0.25, 0.3) is 5.56 Å². The minimum atomic E-state index is -0.150. The summed E-state index contributed by atoms with van der Waals surface area (Å²) in [7, 11) is 0. The molecule has 3 nitrogen and oxygen atoms in total. The van der Waals surface area contributed by atoms with Gasteiger partial charge in [0.2, 0.25) is 0 Å². The fourth-order valence-electron chi connectivity index (χ4n) is 1.94. The molecule has 0 saturated carbocycles. The van der Waals surface area contributed by atoms with E-state index in [1.807, 2.05) is 13.0 Å². The molecule has 1 heterocycles. The quantitative estimate of drug-likeness (QED) is 0.835. The maximum absolute atomic E-state index is 11.8. The number of H-pyrrole nitrogens is 1. The van der Waals surface area contributed by atoms with Crippen molar-refractivity contribution in [1.82, 2.24) is 10.2 Å². The Labute approximate surface area is 107 Å². The lowest BCUT2D eigenvalue weighted by atomic mass is 9.84. The average molecular weight is 242 g/mol. The first-order chi connectivity index (χ1) is 8.38. The van der Waals surface area contributed by atoms with Crippen molar-refractivity contribution in [2.45, 2.75) is 33.1 Å². The van der Waals surface area contributed by atoms with Gasteiger partial charge in [-0.3, -0.25) is 4.79 Å². The Hall–Kier alpha value is -1.90. The molecule has 0 radical (unpaired) electrons. The monoisotopic (exact) mass is 242 g/mol. The minimum absolute atomic E-state index is 0.0700. The second-order valence-electron chi connectivity index (χ2n) is 5.64. The Morgan fingerprint density at radius 3 is 2.50 bits per heavy atom. The van der Waals surface area contributed by atoms with Gasteiger partial charge in [-0.25, -0.2) is 5.10 Å². The largest absolute Gasteiger partial charge is 0.272 e. The van der Waals surface area contributed by atoms with Gasteiger partial charge in [0.15, 0.2) is 0 Å². The van der Waals surface area contributed by atoms with Crippen molar-refractivity contribution in [3.63, 3.8) is 0 Å². The third-order valence-corrected chi connectivity index (χ3v) is 2.98. The van der Waals surface area contributed by atoms with Crippen LogP contribution in [0.4, 0.5) is 0 Å².